The van der Waals surface area contributed by atoms with E-state index in [1.54, 1.807) is 13.0 Å². The molecule has 1 amide bonds. The molecule has 2 aromatic carbocycles. The van der Waals surface area contributed by atoms with Crippen LogP contribution in [-0.2, 0) is 21.4 Å². The van der Waals surface area contributed by atoms with E-state index in [0.29, 0.717) is 30.0 Å². The number of hydrogen-bond donors (Lipinski definition) is 2. The number of benzene rings is 2. The van der Waals surface area contributed by atoms with Crippen LogP contribution in [-0.4, -0.2) is 46.0 Å². The van der Waals surface area contributed by atoms with Crippen molar-refractivity contribution >= 4 is 21.6 Å². The van der Waals surface area contributed by atoms with Crippen LogP contribution in [0.3, 0.4) is 0 Å². The Morgan fingerprint density at radius 1 is 1.21 bits per heavy atom. The molecule has 0 saturated carbocycles. The Balaban J connectivity index is 1.55. The summed E-state index contributed by atoms with van der Waals surface area (Å²) in [6.07, 6.45) is 0.694. The van der Waals surface area contributed by atoms with Crippen LogP contribution in [0.15, 0.2) is 47.4 Å². The summed E-state index contributed by atoms with van der Waals surface area (Å²) in [6, 6.07) is 13.2. The number of carbonyl (C=O) groups is 1. The lowest BCUT2D eigenvalue weighted by Crippen LogP contribution is -2.29. The summed E-state index contributed by atoms with van der Waals surface area (Å²) in [5.74, 6) is 0.119. The number of hydrogen-bond acceptors (Lipinski definition) is 5. The maximum Gasteiger partial charge on any atom is 0.262 e. The highest BCUT2D eigenvalue weighted by Gasteiger charge is 2.23. The fraction of sp³-hybridized carbons (Fsp3) is 0.350. The highest BCUT2D eigenvalue weighted by Crippen LogP contribution is 2.32. The molecule has 28 heavy (non-hydrogen) atoms. The first-order valence-electron chi connectivity index (χ1n) is 9.14. The number of ether oxygens (including phenoxy) is 1. The van der Waals surface area contributed by atoms with Crippen LogP contribution in [0.1, 0.15) is 17.5 Å². The molecule has 8 heteroatoms. The Hall–Kier alpha value is -2.42. The normalized spacial score (nSPS) is 13.8. The van der Waals surface area contributed by atoms with Crippen LogP contribution in [0.25, 0.3) is 0 Å². The summed E-state index contributed by atoms with van der Waals surface area (Å²) < 4.78 is 33.3. The highest BCUT2D eigenvalue weighted by molar-refractivity contribution is 7.89. The largest absolute Gasteiger partial charge is 0.482 e. The summed E-state index contributed by atoms with van der Waals surface area (Å²) in [5, 5.41) is 2.68. The first-order chi connectivity index (χ1) is 13.3. The van der Waals surface area contributed by atoms with Gasteiger partial charge in [0.1, 0.15) is 5.75 Å². The fourth-order valence-electron chi connectivity index (χ4n) is 3.11. The standard InChI is InChI=1S/C20H25N3O4S/c1-15-11-17-18(27-14-20(24)22-17)12-19(15)28(25,26)21-9-6-10-23(2)13-16-7-4-3-5-8-16/h3-5,7-8,11-12,21H,6,9-10,13-14H2,1-2H3,(H,22,24). The molecule has 0 bridgehead atoms. The molecule has 0 spiro atoms. The molecular weight excluding hydrogens is 378 g/mol. The van der Waals surface area contributed by atoms with Crippen molar-refractivity contribution in [1.82, 2.24) is 9.62 Å². The second kappa shape index (κ2) is 8.72. The maximum atomic E-state index is 12.7. The molecule has 3 rings (SSSR count). The minimum Gasteiger partial charge on any atom is -0.482 e. The number of amides is 1. The molecule has 7 nitrogen and oxygen atoms in total. The van der Waals surface area contributed by atoms with E-state index < -0.39 is 10.0 Å². The van der Waals surface area contributed by atoms with Crippen molar-refractivity contribution in [2.75, 3.05) is 32.1 Å². The Kier molecular flexibility index (Phi) is 6.33. The monoisotopic (exact) mass is 403 g/mol. The van der Waals surface area contributed by atoms with Gasteiger partial charge in [0.05, 0.1) is 10.6 Å². The first kappa shape index (κ1) is 20.3. The quantitative estimate of drug-likeness (QED) is 0.660. The van der Waals surface area contributed by atoms with E-state index in [0.717, 1.165) is 13.1 Å². The van der Waals surface area contributed by atoms with E-state index in [1.807, 2.05) is 25.2 Å². The van der Waals surface area contributed by atoms with Crippen molar-refractivity contribution in [1.29, 1.82) is 0 Å². The summed E-state index contributed by atoms with van der Waals surface area (Å²) in [7, 11) is -1.64. The van der Waals surface area contributed by atoms with Gasteiger partial charge in [-0.25, -0.2) is 13.1 Å². The average Bonchev–Trinajstić information content (AvgIpc) is 2.65. The molecule has 2 aromatic rings. The molecule has 0 saturated heterocycles. The molecule has 1 aliphatic heterocycles. The average molecular weight is 404 g/mol. The van der Waals surface area contributed by atoms with Crippen LogP contribution in [0.4, 0.5) is 5.69 Å². The zero-order valence-electron chi connectivity index (χ0n) is 16.1. The highest BCUT2D eigenvalue weighted by atomic mass is 32.2. The SMILES string of the molecule is Cc1cc2c(cc1S(=O)(=O)NCCCN(C)Cc1ccccc1)OCC(=O)N2. The first-order valence-corrected chi connectivity index (χ1v) is 10.6. The smallest absolute Gasteiger partial charge is 0.262 e. The van der Waals surface area contributed by atoms with Gasteiger partial charge in [0, 0.05) is 19.2 Å². The number of fused-ring (bicyclic) bond motifs is 1. The molecular formula is C20H25N3O4S. The molecule has 0 aliphatic carbocycles. The van der Waals surface area contributed by atoms with Crippen molar-refractivity contribution in [3.05, 3.63) is 53.6 Å². The van der Waals surface area contributed by atoms with Gasteiger partial charge >= 0.3 is 0 Å². The Labute approximate surface area is 165 Å². The predicted octanol–water partition coefficient (Wildman–Crippen LogP) is 2.13. The maximum absolute atomic E-state index is 12.7. The molecule has 0 atom stereocenters. The lowest BCUT2D eigenvalue weighted by atomic mass is 10.2. The fourth-order valence-corrected chi connectivity index (χ4v) is 4.43. The van der Waals surface area contributed by atoms with E-state index in [1.165, 1.54) is 11.6 Å². The summed E-state index contributed by atoms with van der Waals surface area (Å²) in [6.45, 7) is 3.52. The van der Waals surface area contributed by atoms with Gasteiger partial charge in [0.2, 0.25) is 10.0 Å². The number of aryl methyl sites for hydroxylation is 1. The van der Waals surface area contributed by atoms with Gasteiger partial charge in [-0.2, -0.15) is 0 Å². The molecule has 0 fully saturated rings. The molecule has 0 aromatic heterocycles. The minimum absolute atomic E-state index is 0.114. The summed E-state index contributed by atoms with van der Waals surface area (Å²) in [4.78, 5) is 13.7. The van der Waals surface area contributed by atoms with Crippen LogP contribution >= 0.6 is 0 Å². The zero-order valence-corrected chi connectivity index (χ0v) is 16.9. The second-order valence-electron chi connectivity index (χ2n) is 6.93. The second-order valence-corrected chi connectivity index (χ2v) is 8.66. The lowest BCUT2D eigenvalue weighted by molar-refractivity contribution is -0.118. The zero-order chi connectivity index (χ0) is 20.1. The molecule has 150 valence electrons. The third kappa shape index (κ3) is 5.09. The van der Waals surface area contributed by atoms with Crippen molar-refractivity contribution in [2.24, 2.45) is 0 Å². The van der Waals surface area contributed by atoms with Gasteiger partial charge in [-0.3, -0.25) is 4.79 Å². The van der Waals surface area contributed by atoms with Crippen LogP contribution in [0, 0.1) is 6.92 Å². The van der Waals surface area contributed by atoms with Crippen molar-refractivity contribution < 1.29 is 17.9 Å². The Morgan fingerprint density at radius 3 is 2.71 bits per heavy atom. The van der Waals surface area contributed by atoms with Gasteiger partial charge < -0.3 is 15.0 Å². The van der Waals surface area contributed by atoms with E-state index in [4.69, 9.17) is 4.74 Å². The van der Waals surface area contributed by atoms with E-state index in [9.17, 15) is 13.2 Å². The third-order valence-electron chi connectivity index (χ3n) is 4.50. The predicted molar refractivity (Wildman–Crippen MR) is 108 cm³/mol. The van der Waals surface area contributed by atoms with E-state index in [-0.39, 0.29) is 17.4 Å². The number of nitrogens with zero attached hydrogens (tertiary/aromatic N) is 1. The summed E-state index contributed by atoms with van der Waals surface area (Å²) >= 11 is 0. The Morgan fingerprint density at radius 2 is 1.96 bits per heavy atom. The van der Waals surface area contributed by atoms with Crippen molar-refractivity contribution in [2.45, 2.75) is 24.8 Å². The minimum atomic E-state index is -3.66. The number of sulfonamides is 1. The van der Waals surface area contributed by atoms with E-state index in [2.05, 4.69) is 27.1 Å². The Bertz CT molecular complexity index is 945. The topological polar surface area (TPSA) is 87.7 Å². The molecule has 0 radical (unpaired) electrons. The van der Waals surface area contributed by atoms with Gasteiger partial charge in [0.25, 0.3) is 5.91 Å². The molecule has 1 heterocycles. The van der Waals surface area contributed by atoms with Crippen molar-refractivity contribution in [3.63, 3.8) is 0 Å². The van der Waals surface area contributed by atoms with Crippen LogP contribution in [0.5, 0.6) is 5.75 Å². The third-order valence-corrected chi connectivity index (χ3v) is 6.11. The van der Waals surface area contributed by atoms with Gasteiger partial charge in [-0.15, -0.1) is 0 Å². The number of rotatable bonds is 8. The lowest BCUT2D eigenvalue weighted by Gasteiger charge is -2.20. The van der Waals surface area contributed by atoms with E-state index >= 15 is 0 Å². The molecule has 2 N–H and O–H groups in total. The molecule has 0 unspecified atom stereocenters. The van der Waals surface area contributed by atoms with Crippen LogP contribution in [0.2, 0.25) is 0 Å². The number of carbonyl (C=O) groups excluding carboxylic acids is 1. The molecule has 1 aliphatic rings. The van der Waals surface area contributed by atoms with Gasteiger partial charge in [-0.05, 0) is 44.1 Å². The van der Waals surface area contributed by atoms with Crippen molar-refractivity contribution in [3.8, 4) is 5.75 Å². The number of anilines is 1. The number of nitrogens with one attached hydrogen (secondary N) is 2. The van der Waals surface area contributed by atoms with Gasteiger partial charge in [-0.1, -0.05) is 30.3 Å². The van der Waals surface area contributed by atoms with Gasteiger partial charge in [0.15, 0.2) is 6.61 Å². The summed E-state index contributed by atoms with van der Waals surface area (Å²) in [5.41, 5.74) is 2.27. The van der Waals surface area contributed by atoms with Crippen LogP contribution < -0.4 is 14.8 Å².